The molecule has 5 heteroatoms. The largest absolute Gasteiger partial charge is 0.355 e. The summed E-state index contributed by atoms with van der Waals surface area (Å²) in [5, 5.41) is 3.40. The van der Waals surface area contributed by atoms with Crippen LogP contribution in [0.3, 0.4) is 0 Å². The van der Waals surface area contributed by atoms with E-state index in [-0.39, 0.29) is 5.91 Å². The van der Waals surface area contributed by atoms with Gasteiger partial charge < -0.3 is 10.3 Å². The average Bonchev–Trinajstić information content (AvgIpc) is 2.79. The number of fused-ring (bicyclic) bond motifs is 1. The predicted molar refractivity (Wildman–Crippen MR) is 80.4 cm³/mol. The third-order valence-electron chi connectivity index (χ3n) is 2.67. The number of rotatable bonds is 6. The zero-order chi connectivity index (χ0) is 13.7. The molecule has 19 heavy (non-hydrogen) atoms. The minimum Gasteiger partial charge on any atom is -0.355 e. The Balaban J connectivity index is 1.77. The average molecular weight is 277 g/mol. The van der Waals surface area contributed by atoms with Crippen molar-refractivity contribution in [2.75, 3.05) is 12.3 Å². The Morgan fingerprint density at radius 1 is 1.42 bits per heavy atom. The summed E-state index contributed by atoms with van der Waals surface area (Å²) in [6.07, 6.45) is 0.729. The van der Waals surface area contributed by atoms with Crippen LogP contribution in [0.2, 0.25) is 0 Å². The summed E-state index contributed by atoms with van der Waals surface area (Å²) in [5.41, 5.74) is 2.01. The van der Waals surface area contributed by atoms with Crippen LogP contribution in [0.1, 0.15) is 19.7 Å². The van der Waals surface area contributed by atoms with Gasteiger partial charge in [-0.2, -0.15) is 0 Å². The van der Waals surface area contributed by atoms with E-state index in [0.717, 1.165) is 23.3 Å². The van der Waals surface area contributed by atoms with Gasteiger partial charge in [0, 0.05) is 13.0 Å². The van der Waals surface area contributed by atoms with Crippen molar-refractivity contribution in [3.05, 3.63) is 30.1 Å². The fraction of sp³-hybridized carbons (Fsp3) is 0.429. The van der Waals surface area contributed by atoms with Gasteiger partial charge in [0.15, 0.2) is 0 Å². The van der Waals surface area contributed by atoms with Crippen molar-refractivity contribution < 1.29 is 4.79 Å². The molecular weight excluding hydrogens is 258 g/mol. The molecule has 1 amide bonds. The number of imidazole rings is 1. The first-order chi connectivity index (χ1) is 9.15. The fourth-order valence-corrected chi connectivity index (χ4v) is 2.32. The molecule has 1 aromatic carbocycles. The van der Waals surface area contributed by atoms with E-state index < -0.39 is 0 Å². The van der Waals surface area contributed by atoms with Gasteiger partial charge in [0.25, 0.3) is 0 Å². The highest BCUT2D eigenvalue weighted by Crippen LogP contribution is 2.10. The number of aromatic nitrogens is 2. The second kappa shape index (κ2) is 6.61. The van der Waals surface area contributed by atoms with Crippen LogP contribution in [-0.2, 0) is 11.2 Å². The number of thioether (sulfide) groups is 1. The van der Waals surface area contributed by atoms with Gasteiger partial charge in [-0.05, 0) is 17.4 Å². The third-order valence-corrected chi connectivity index (χ3v) is 3.77. The van der Waals surface area contributed by atoms with Crippen LogP contribution < -0.4 is 5.32 Å². The van der Waals surface area contributed by atoms with Crippen molar-refractivity contribution in [2.45, 2.75) is 25.5 Å². The number of carbonyl (C=O) groups excluding carboxylic acids is 1. The van der Waals surface area contributed by atoms with E-state index in [9.17, 15) is 4.79 Å². The first kappa shape index (κ1) is 13.9. The Bertz CT molecular complexity index is 517. The highest BCUT2D eigenvalue weighted by atomic mass is 32.2. The van der Waals surface area contributed by atoms with Crippen LogP contribution in [0.15, 0.2) is 24.3 Å². The molecule has 0 saturated carbocycles. The molecule has 1 heterocycles. The van der Waals surface area contributed by atoms with E-state index in [2.05, 4.69) is 29.1 Å². The SMILES string of the molecule is CC(C)SCC(=O)NCCc1nc2ccccc2[nH]1. The summed E-state index contributed by atoms with van der Waals surface area (Å²) in [7, 11) is 0. The van der Waals surface area contributed by atoms with E-state index in [0.29, 0.717) is 17.5 Å². The molecule has 0 bridgehead atoms. The number of hydrogen-bond donors (Lipinski definition) is 2. The van der Waals surface area contributed by atoms with Gasteiger partial charge in [-0.3, -0.25) is 4.79 Å². The number of benzene rings is 1. The van der Waals surface area contributed by atoms with Gasteiger partial charge in [-0.25, -0.2) is 4.98 Å². The molecule has 0 unspecified atom stereocenters. The molecule has 2 rings (SSSR count). The lowest BCUT2D eigenvalue weighted by Gasteiger charge is -2.05. The Kier molecular flexibility index (Phi) is 4.85. The summed E-state index contributed by atoms with van der Waals surface area (Å²) in [6.45, 7) is 4.80. The summed E-state index contributed by atoms with van der Waals surface area (Å²) in [5.74, 6) is 1.53. The number of nitrogens with one attached hydrogen (secondary N) is 2. The minimum absolute atomic E-state index is 0.0924. The smallest absolute Gasteiger partial charge is 0.230 e. The van der Waals surface area contributed by atoms with Gasteiger partial charge in [0.05, 0.1) is 16.8 Å². The van der Waals surface area contributed by atoms with Crippen LogP contribution in [-0.4, -0.2) is 33.4 Å². The molecule has 0 saturated heterocycles. The lowest BCUT2D eigenvalue weighted by molar-refractivity contribution is -0.118. The normalized spacial score (nSPS) is 11.1. The second-order valence-electron chi connectivity index (χ2n) is 4.66. The quantitative estimate of drug-likeness (QED) is 0.852. The summed E-state index contributed by atoms with van der Waals surface area (Å²) < 4.78 is 0. The van der Waals surface area contributed by atoms with Gasteiger partial charge in [0.2, 0.25) is 5.91 Å². The molecule has 2 aromatic rings. The number of hydrogen-bond acceptors (Lipinski definition) is 3. The lowest BCUT2D eigenvalue weighted by atomic mass is 10.3. The van der Waals surface area contributed by atoms with Crippen LogP contribution >= 0.6 is 11.8 Å². The number of amides is 1. The van der Waals surface area contributed by atoms with E-state index in [1.54, 1.807) is 11.8 Å². The van der Waals surface area contributed by atoms with Crippen molar-refractivity contribution in [2.24, 2.45) is 0 Å². The molecular formula is C14H19N3OS. The highest BCUT2D eigenvalue weighted by Gasteiger charge is 2.05. The molecule has 1 aromatic heterocycles. The van der Waals surface area contributed by atoms with Crippen LogP contribution in [0.5, 0.6) is 0 Å². The van der Waals surface area contributed by atoms with Crippen molar-refractivity contribution in [3.8, 4) is 0 Å². The first-order valence-corrected chi connectivity index (χ1v) is 7.52. The van der Waals surface area contributed by atoms with E-state index in [1.807, 2.05) is 24.3 Å². The molecule has 0 aliphatic heterocycles. The minimum atomic E-state index is 0.0924. The number of para-hydroxylation sites is 2. The number of aromatic amines is 1. The van der Waals surface area contributed by atoms with Crippen LogP contribution in [0.25, 0.3) is 11.0 Å². The zero-order valence-electron chi connectivity index (χ0n) is 11.3. The lowest BCUT2D eigenvalue weighted by Crippen LogP contribution is -2.28. The number of H-pyrrole nitrogens is 1. The standard InChI is InChI=1S/C14H19N3OS/c1-10(2)19-9-14(18)15-8-7-13-16-11-5-3-4-6-12(11)17-13/h3-6,10H,7-9H2,1-2H3,(H,15,18)(H,16,17). The topological polar surface area (TPSA) is 57.8 Å². The maximum Gasteiger partial charge on any atom is 0.230 e. The van der Waals surface area contributed by atoms with Gasteiger partial charge in [0.1, 0.15) is 5.82 Å². The Morgan fingerprint density at radius 3 is 2.95 bits per heavy atom. The first-order valence-electron chi connectivity index (χ1n) is 6.47. The Hall–Kier alpha value is -1.49. The summed E-state index contributed by atoms with van der Waals surface area (Å²) in [6, 6.07) is 7.93. The van der Waals surface area contributed by atoms with Crippen molar-refractivity contribution >= 4 is 28.7 Å². The molecule has 0 atom stereocenters. The van der Waals surface area contributed by atoms with Crippen molar-refractivity contribution in [1.82, 2.24) is 15.3 Å². The van der Waals surface area contributed by atoms with E-state index >= 15 is 0 Å². The van der Waals surface area contributed by atoms with Crippen molar-refractivity contribution in [1.29, 1.82) is 0 Å². The van der Waals surface area contributed by atoms with Gasteiger partial charge >= 0.3 is 0 Å². The predicted octanol–water partition coefficient (Wildman–Crippen LogP) is 2.36. The van der Waals surface area contributed by atoms with Gasteiger partial charge in [-0.1, -0.05) is 26.0 Å². The number of nitrogens with zero attached hydrogens (tertiary/aromatic N) is 1. The molecule has 0 aliphatic rings. The third kappa shape index (κ3) is 4.28. The van der Waals surface area contributed by atoms with E-state index in [4.69, 9.17) is 0 Å². The van der Waals surface area contributed by atoms with Gasteiger partial charge in [-0.15, -0.1) is 11.8 Å². The molecule has 0 fully saturated rings. The molecule has 0 spiro atoms. The monoisotopic (exact) mass is 277 g/mol. The molecule has 4 nitrogen and oxygen atoms in total. The summed E-state index contributed by atoms with van der Waals surface area (Å²) >= 11 is 1.65. The molecule has 2 N–H and O–H groups in total. The molecule has 0 radical (unpaired) electrons. The van der Waals surface area contributed by atoms with Crippen molar-refractivity contribution in [3.63, 3.8) is 0 Å². The maximum absolute atomic E-state index is 11.5. The molecule has 102 valence electrons. The van der Waals surface area contributed by atoms with Crippen LogP contribution in [0, 0.1) is 0 Å². The Morgan fingerprint density at radius 2 is 2.21 bits per heavy atom. The highest BCUT2D eigenvalue weighted by molar-refractivity contribution is 8.00. The summed E-state index contributed by atoms with van der Waals surface area (Å²) in [4.78, 5) is 19.3. The second-order valence-corrected chi connectivity index (χ2v) is 6.23. The fourth-order valence-electron chi connectivity index (χ4n) is 1.74. The van der Waals surface area contributed by atoms with E-state index in [1.165, 1.54) is 0 Å². The Labute approximate surface area is 117 Å². The maximum atomic E-state index is 11.5. The molecule has 0 aliphatic carbocycles. The van der Waals surface area contributed by atoms with Crippen LogP contribution in [0.4, 0.5) is 0 Å². The zero-order valence-corrected chi connectivity index (χ0v) is 12.1. The number of carbonyl (C=O) groups is 1.